The minimum atomic E-state index is -2.81. The molecule has 0 bridgehead atoms. The number of hydrogen-bond acceptors (Lipinski definition) is 5. The standard InChI is InChI=1S/C33H43NO5Si/c1-31(2,3)38-30(36)34-21-13-18-28(34)33-23-25(20-19-24(33)22-29(35)37-33)39-40(32(4,5)6,26-14-9-7-10-15-26)27-16-11-8-12-17-27/h7-12,14-17,22,25,28H,13,18-21,23H2,1-6H3/t25-,28-,33-/m0/s1. The number of ether oxygens (including phenoxy) is 2. The second-order valence-corrected chi connectivity index (χ2v) is 17.7. The van der Waals surface area contributed by atoms with E-state index in [-0.39, 0.29) is 29.2 Å². The first kappa shape index (κ1) is 28.6. The summed E-state index contributed by atoms with van der Waals surface area (Å²) in [6, 6.07) is 21.0. The van der Waals surface area contributed by atoms with E-state index in [1.54, 1.807) is 11.0 Å². The summed E-state index contributed by atoms with van der Waals surface area (Å²) in [7, 11) is -2.81. The largest absolute Gasteiger partial charge is 0.449 e. The van der Waals surface area contributed by atoms with E-state index in [0.717, 1.165) is 24.8 Å². The van der Waals surface area contributed by atoms with Gasteiger partial charge >= 0.3 is 12.1 Å². The summed E-state index contributed by atoms with van der Waals surface area (Å²) in [5.74, 6) is -0.322. The molecule has 2 aromatic carbocycles. The lowest BCUT2D eigenvalue weighted by atomic mass is 9.74. The van der Waals surface area contributed by atoms with Crippen LogP contribution in [-0.2, 0) is 18.7 Å². The first-order chi connectivity index (χ1) is 18.9. The predicted molar refractivity (Wildman–Crippen MR) is 159 cm³/mol. The van der Waals surface area contributed by atoms with Crippen LogP contribution in [0.4, 0.5) is 4.79 Å². The zero-order valence-electron chi connectivity index (χ0n) is 24.7. The Balaban J connectivity index is 1.54. The second-order valence-electron chi connectivity index (χ2n) is 13.5. The Morgan fingerprint density at radius 2 is 1.55 bits per heavy atom. The van der Waals surface area contributed by atoms with E-state index in [2.05, 4.69) is 69.3 Å². The molecule has 1 aliphatic carbocycles. The molecule has 2 fully saturated rings. The fourth-order valence-electron chi connectivity index (χ4n) is 7.00. The smallest absolute Gasteiger partial charge is 0.410 e. The minimum Gasteiger partial charge on any atom is -0.449 e. The maximum absolute atomic E-state index is 13.3. The van der Waals surface area contributed by atoms with Gasteiger partial charge in [0, 0.05) is 19.0 Å². The minimum absolute atomic E-state index is 0.143. The van der Waals surface area contributed by atoms with Crippen molar-refractivity contribution in [3.63, 3.8) is 0 Å². The van der Waals surface area contributed by atoms with Crippen molar-refractivity contribution < 1.29 is 23.5 Å². The molecule has 1 amide bonds. The van der Waals surface area contributed by atoms with Crippen LogP contribution >= 0.6 is 0 Å². The van der Waals surface area contributed by atoms with E-state index in [1.807, 2.05) is 32.9 Å². The van der Waals surface area contributed by atoms with Gasteiger partial charge in [-0.25, -0.2) is 9.59 Å². The summed E-state index contributed by atoms with van der Waals surface area (Å²) in [4.78, 5) is 27.9. The first-order valence-corrected chi connectivity index (χ1v) is 16.5. The second kappa shape index (κ2) is 10.5. The van der Waals surface area contributed by atoms with E-state index in [1.165, 1.54) is 10.4 Å². The average molecular weight is 562 g/mol. The monoisotopic (exact) mass is 561 g/mol. The lowest BCUT2D eigenvalue weighted by Crippen LogP contribution is -2.68. The molecule has 6 nitrogen and oxygen atoms in total. The summed E-state index contributed by atoms with van der Waals surface area (Å²) in [5, 5.41) is 2.29. The molecule has 2 heterocycles. The van der Waals surface area contributed by atoms with Crippen LogP contribution in [0.3, 0.4) is 0 Å². The number of likely N-dealkylation sites (tertiary alicyclic amines) is 1. The highest BCUT2D eigenvalue weighted by Gasteiger charge is 2.59. The molecular weight excluding hydrogens is 518 g/mol. The molecule has 0 unspecified atom stereocenters. The third-order valence-electron chi connectivity index (χ3n) is 8.56. The zero-order valence-corrected chi connectivity index (χ0v) is 25.7. The van der Waals surface area contributed by atoms with Gasteiger partial charge in [-0.1, -0.05) is 81.4 Å². The number of hydrogen-bond donors (Lipinski definition) is 0. The molecule has 0 N–H and O–H groups in total. The molecule has 0 spiro atoms. The quantitative estimate of drug-likeness (QED) is 0.344. The summed E-state index contributed by atoms with van der Waals surface area (Å²) in [6.07, 6.45) is 4.80. The lowest BCUT2D eigenvalue weighted by Gasteiger charge is -2.50. The van der Waals surface area contributed by atoms with E-state index >= 15 is 0 Å². The van der Waals surface area contributed by atoms with Crippen molar-refractivity contribution in [3.05, 3.63) is 72.3 Å². The molecule has 5 rings (SSSR count). The van der Waals surface area contributed by atoms with Crippen molar-refractivity contribution in [1.29, 1.82) is 0 Å². The zero-order chi connectivity index (χ0) is 28.8. The highest BCUT2D eigenvalue weighted by molar-refractivity contribution is 6.99. The summed E-state index contributed by atoms with van der Waals surface area (Å²) < 4.78 is 19.5. The molecule has 1 saturated heterocycles. The van der Waals surface area contributed by atoms with Gasteiger partial charge in [-0.15, -0.1) is 0 Å². The molecule has 1 saturated carbocycles. The van der Waals surface area contributed by atoms with Crippen molar-refractivity contribution in [2.45, 2.75) is 102 Å². The van der Waals surface area contributed by atoms with Gasteiger partial charge in [0.15, 0.2) is 5.60 Å². The molecule has 2 aliphatic heterocycles. The Kier molecular flexibility index (Phi) is 7.51. The molecule has 40 heavy (non-hydrogen) atoms. The number of fused-ring (bicyclic) bond motifs is 1. The van der Waals surface area contributed by atoms with Crippen LogP contribution in [0, 0.1) is 0 Å². The van der Waals surface area contributed by atoms with Crippen molar-refractivity contribution >= 4 is 30.8 Å². The van der Waals surface area contributed by atoms with Gasteiger partial charge in [-0.2, -0.15) is 0 Å². The van der Waals surface area contributed by atoms with Crippen molar-refractivity contribution in [3.8, 4) is 0 Å². The Morgan fingerprint density at radius 3 is 2.10 bits per heavy atom. The number of amides is 1. The van der Waals surface area contributed by atoms with Gasteiger partial charge in [0.25, 0.3) is 8.32 Å². The Bertz CT molecular complexity index is 1220. The van der Waals surface area contributed by atoms with E-state index in [0.29, 0.717) is 19.4 Å². The number of carbonyl (C=O) groups excluding carboxylic acids is 2. The topological polar surface area (TPSA) is 65.1 Å². The van der Waals surface area contributed by atoms with E-state index in [4.69, 9.17) is 13.9 Å². The number of nitrogens with zero attached hydrogens (tertiary/aromatic N) is 1. The number of carbonyl (C=O) groups is 2. The molecule has 2 aromatic rings. The molecule has 214 valence electrons. The van der Waals surface area contributed by atoms with E-state index < -0.39 is 19.5 Å². The lowest BCUT2D eigenvalue weighted by molar-refractivity contribution is -0.155. The van der Waals surface area contributed by atoms with Crippen LogP contribution in [0.5, 0.6) is 0 Å². The van der Waals surface area contributed by atoms with Crippen molar-refractivity contribution in [2.24, 2.45) is 0 Å². The first-order valence-electron chi connectivity index (χ1n) is 14.6. The predicted octanol–water partition coefficient (Wildman–Crippen LogP) is 5.74. The Labute approximate surface area is 239 Å². The summed E-state index contributed by atoms with van der Waals surface area (Å²) in [5.41, 5.74) is -0.507. The van der Waals surface area contributed by atoms with Gasteiger partial charge in [0.1, 0.15) is 5.60 Å². The molecule has 3 aliphatic rings. The average Bonchev–Trinajstić information content (AvgIpc) is 3.51. The fourth-order valence-corrected chi connectivity index (χ4v) is 11.7. The SMILES string of the molecule is CC(C)(C)OC(=O)N1CCC[C@H]1[C@]12C[C@@H](O[Si](c3ccccc3)(c3ccccc3)C(C)(C)C)CCC1=CC(=O)O2. The van der Waals surface area contributed by atoms with Gasteiger partial charge < -0.3 is 18.8 Å². The van der Waals surface area contributed by atoms with Crippen LogP contribution < -0.4 is 10.4 Å². The van der Waals surface area contributed by atoms with Crippen molar-refractivity contribution in [1.82, 2.24) is 4.90 Å². The maximum atomic E-state index is 13.3. The summed E-state index contributed by atoms with van der Waals surface area (Å²) >= 11 is 0. The molecule has 7 heteroatoms. The number of benzene rings is 2. The number of esters is 1. The van der Waals surface area contributed by atoms with Crippen LogP contribution in [0.25, 0.3) is 0 Å². The highest BCUT2D eigenvalue weighted by atomic mass is 28.4. The fraction of sp³-hybridized carbons (Fsp3) is 0.515. The molecule has 0 aromatic heterocycles. The van der Waals surface area contributed by atoms with Crippen LogP contribution in [0.1, 0.15) is 73.6 Å². The van der Waals surface area contributed by atoms with E-state index in [9.17, 15) is 9.59 Å². The highest BCUT2D eigenvalue weighted by Crippen LogP contribution is 2.49. The van der Waals surface area contributed by atoms with Gasteiger partial charge in [-0.3, -0.25) is 0 Å². The van der Waals surface area contributed by atoms with Crippen LogP contribution in [0.15, 0.2) is 72.3 Å². The van der Waals surface area contributed by atoms with Crippen LogP contribution in [-0.4, -0.2) is 55.2 Å². The van der Waals surface area contributed by atoms with Gasteiger partial charge in [0.05, 0.1) is 12.1 Å². The summed E-state index contributed by atoms with van der Waals surface area (Å²) in [6.45, 7) is 13.1. The Morgan fingerprint density at radius 1 is 0.950 bits per heavy atom. The molecule has 0 radical (unpaired) electrons. The third kappa shape index (κ3) is 5.14. The molecule has 3 atom stereocenters. The van der Waals surface area contributed by atoms with Gasteiger partial charge in [-0.05, 0) is 67.4 Å². The van der Waals surface area contributed by atoms with Crippen LogP contribution in [0.2, 0.25) is 5.04 Å². The Hall–Kier alpha value is -2.90. The maximum Gasteiger partial charge on any atom is 0.410 e. The number of rotatable bonds is 5. The normalized spacial score (nSPS) is 25.3. The molecular formula is C33H43NO5Si. The third-order valence-corrected chi connectivity index (χ3v) is 13.7. The van der Waals surface area contributed by atoms with Crippen molar-refractivity contribution in [2.75, 3.05) is 6.54 Å². The van der Waals surface area contributed by atoms with Gasteiger partial charge in [0.2, 0.25) is 0 Å².